The van der Waals surface area contributed by atoms with Crippen LogP contribution in [0.2, 0.25) is 0 Å². The number of anilines is 1. The van der Waals surface area contributed by atoms with Crippen LogP contribution in [0.25, 0.3) is 11.0 Å². The van der Waals surface area contributed by atoms with Crippen molar-refractivity contribution in [1.82, 2.24) is 20.3 Å². The number of hydrogen-bond donors (Lipinski definition) is 3. The van der Waals surface area contributed by atoms with Gasteiger partial charge in [0.2, 0.25) is 5.91 Å². The van der Waals surface area contributed by atoms with E-state index in [4.69, 9.17) is 9.72 Å². The smallest absolute Gasteiger partial charge is 0.225 e. The van der Waals surface area contributed by atoms with Crippen molar-refractivity contribution in [1.29, 1.82) is 0 Å². The second kappa shape index (κ2) is 13.0. The summed E-state index contributed by atoms with van der Waals surface area (Å²) in [5.41, 5.74) is 6.83. The number of aromatic amines is 1. The molecule has 3 atom stereocenters. The lowest BCUT2D eigenvalue weighted by Crippen LogP contribution is -2.41. The summed E-state index contributed by atoms with van der Waals surface area (Å²) in [6.07, 6.45) is 3.54. The van der Waals surface area contributed by atoms with Crippen LogP contribution in [-0.2, 0) is 16.0 Å². The molecule has 0 spiro atoms. The number of ether oxygens (including phenoxy) is 1. The van der Waals surface area contributed by atoms with Gasteiger partial charge in [0.1, 0.15) is 17.5 Å². The highest BCUT2D eigenvalue weighted by molar-refractivity contribution is 5.92. The van der Waals surface area contributed by atoms with Gasteiger partial charge in [0.25, 0.3) is 0 Å². The summed E-state index contributed by atoms with van der Waals surface area (Å²) < 4.78 is 34.8. The third-order valence-corrected chi connectivity index (χ3v) is 8.40. The number of imidazole rings is 1. The van der Waals surface area contributed by atoms with E-state index in [9.17, 15) is 9.18 Å². The Bertz CT molecular complexity index is 1710. The molecule has 9 heteroatoms. The lowest BCUT2D eigenvalue weighted by molar-refractivity contribution is -0.116. The van der Waals surface area contributed by atoms with Crippen molar-refractivity contribution in [3.8, 4) is 0 Å². The third kappa shape index (κ3) is 6.69. The minimum absolute atomic E-state index is 0.0644. The summed E-state index contributed by atoms with van der Waals surface area (Å²) in [6.45, 7) is 5.19. The van der Waals surface area contributed by atoms with E-state index in [1.807, 2.05) is 30.3 Å². The predicted octanol–water partition coefficient (Wildman–Crippen LogP) is 6.68. The molecule has 1 amide bonds. The summed E-state index contributed by atoms with van der Waals surface area (Å²) in [4.78, 5) is 25.5. The standard InChI is InChI=1S/C35H35F2N5O2/c1-21-14-30-31(15-22(21)2)42-35(41-30)33-20-44-26(17-39-33)12-13-27-29(37)18-38-19-32(27)40-34(43)16-28(23-6-4-3-5-7-23)24-8-10-25(36)11-9-24/h3-11,14-15,18-19,26,28,33,39H,12-13,16-17,20H2,1-2H3,(H,40,43)(H,41,42)/t26-,28-,33+/m1/s1. The van der Waals surface area contributed by atoms with E-state index in [0.717, 1.165) is 34.2 Å². The Labute approximate surface area is 255 Å². The summed E-state index contributed by atoms with van der Waals surface area (Å²) in [6, 6.07) is 19.9. The number of halogens is 2. The first kappa shape index (κ1) is 29.6. The average molecular weight is 596 g/mol. The van der Waals surface area contributed by atoms with Gasteiger partial charge in [-0.25, -0.2) is 13.8 Å². The lowest BCUT2D eigenvalue weighted by atomic mass is 9.88. The minimum atomic E-state index is -0.476. The van der Waals surface area contributed by atoms with Gasteiger partial charge in [0.15, 0.2) is 0 Å². The van der Waals surface area contributed by atoms with Gasteiger partial charge >= 0.3 is 0 Å². The number of rotatable bonds is 9. The number of amides is 1. The van der Waals surface area contributed by atoms with Gasteiger partial charge in [-0.15, -0.1) is 0 Å². The number of H-pyrrole nitrogens is 1. The highest BCUT2D eigenvalue weighted by Crippen LogP contribution is 2.30. The van der Waals surface area contributed by atoms with Crippen molar-refractivity contribution in [2.24, 2.45) is 0 Å². The maximum absolute atomic E-state index is 15.0. The van der Waals surface area contributed by atoms with Crippen LogP contribution >= 0.6 is 0 Å². The van der Waals surface area contributed by atoms with Crippen molar-refractivity contribution < 1.29 is 18.3 Å². The minimum Gasteiger partial charge on any atom is -0.375 e. The van der Waals surface area contributed by atoms with Crippen molar-refractivity contribution in [3.05, 3.63) is 124 Å². The maximum Gasteiger partial charge on any atom is 0.225 e. The van der Waals surface area contributed by atoms with Crippen LogP contribution in [0.1, 0.15) is 58.4 Å². The molecule has 5 aromatic rings. The number of morpholine rings is 1. The summed E-state index contributed by atoms with van der Waals surface area (Å²) in [7, 11) is 0. The van der Waals surface area contributed by atoms with E-state index >= 15 is 4.39 Å². The van der Waals surface area contributed by atoms with E-state index in [2.05, 4.69) is 46.6 Å². The SMILES string of the molecule is Cc1cc2nc([C@@H]3CO[C@H](CCc4c(F)cncc4NC(=O)C[C@H](c4ccccc4)c4ccc(F)cc4)CN3)[nH]c2cc1C. The number of pyridine rings is 1. The van der Waals surface area contributed by atoms with Gasteiger partial charge in [-0.05, 0) is 73.2 Å². The molecule has 3 aromatic carbocycles. The fourth-order valence-corrected chi connectivity index (χ4v) is 5.76. The van der Waals surface area contributed by atoms with Gasteiger partial charge in [-0.1, -0.05) is 42.5 Å². The second-order valence-corrected chi connectivity index (χ2v) is 11.4. The Kier molecular flexibility index (Phi) is 8.77. The van der Waals surface area contributed by atoms with Crippen molar-refractivity contribution in [3.63, 3.8) is 0 Å². The van der Waals surface area contributed by atoms with Crippen LogP contribution < -0.4 is 10.6 Å². The molecule has 0 saturated carbocycles. The molecule has 1 aliphatic rings. The zero-order valence-corrected chi connectivity index (χ0v) is 24.7. The van der Waals surface area contributed by atoms with E-state index in [-0.39, 0.29) is 36.2 Å². The average Bonchev–Trinajstić information content (AvgIpc) is 3.43. The first-order chi connectivity index (χ1) is 21.3. The Hall–Kier alpha value is -4.47. The molecule has 7 nitrogen and oxygen atoms in total. The fraction of sp³-hybridized carbons (Fsp3) is 0.286. The second-order valence-electron chi connectivity index (χ2n) is 11.4. The highest BCUT2D eigenvalue weighted by Gasteiger charge is 2.26. The quantitative estimate of drug-likeness (QED) is 0.177. The lowest BCUT2D eigenvalue weighted by Gasteiger charge is -2.29. The summed E-state index contributed by atoms with van der Waals surface area (Å²) >= 11 is 0. The molecule has 1 aliphatic heterocycles. The zero-order valence-electron chi connectivity index (χ0n) is 24.7. The number of hydrogen-bond acceptors (Lipinski definition) is 5. The molecule has 6 rings (SSSR count). The van der Waals surface area contributed by atoms with Gasteiger partial charge in [-0.3, -0.25) is 9.78 Å². The number of benzene rings is 3. The number of nitrogens with zero attached hydrogens (tertiary/aromatic N) is 2. The van der Waals surface area contributed by atoms with Crippen molar-refractivity contribution >= 4 is 22.6 Å². The number of carbonyl (C=O) groups excluding carboxylic acids is 1. The van der Waals surface area contributed by atoms with Gasteiger partial charge in [0.05, 0.1) is 47.9 Å². The van der Waals surface area contributed by atoms with E-state index in [0.29, 0.717) is 37.2 Å². The van der Waals surface area contributed by atoms with Gasteiger partial charge in [-0.2, -0.15) is 0 Å². The molecule has 226 valence electrons. The molecule has 44 heavy (non-hydrogen) atoms. The molecule has 0 bridgehead atoms. The molecule has 3 heterocycles. The molecular formula is C35H35F2N5O2. The first-order valence-corrected chi connectivity index (χ1v) is 14.9. The molecule has 1 fully saturated rings. The monoisotopic (exact) mass is 595 g/mol. The number of aromatic nitrogens is 3. The normalized spacial score (nSPS) is 17.5. The maximum atomic E-state index is 15.0. The Morgan fingerprint density at radius 3 is 2.52 bits per heavy atom. The zero-order chi connectivity index (χ0) is 30.6. The van der Waals surface area contributed by atoms with Crippen LogP contribution in [0.5, 0.6) is 0 Å². The predicted molar refractivity (Wildman–Crippen MR) is 166 cm³/mol. The van der Waals surface area contributed by atoms with E-state index in [1.165, 1.54) is 29.5 Å². The van der Waals surface area contributed by atoms with Crippen LogP contribution in [0.4, 0.5) is 14.5 Å². The molecule has 0 aliphatic carbocycles. The molecular weight excluding hydrogens is 560 g/mol. The van der Waals surface area contributed by atoms with Gasteiger partial charge in [0, 0.05) is 24.4 Å². The molecule has 0 radical (unpaired) electrons. The van der Waals surface area contributed by atoms with Crippen molar-refractivity contribution in [2.75, 3.05) is 18.5 Å². The summed E-state index contributed by atoms with van der Waals surface area (Å²) in [5, 5.41) is 6.40. The molecule has 3 N–H and O–H groups in total. The van der Waals surface area contributed by atoms with Crippen LogP contribution in [-0.4, -0.2) is 40.1 Å². The molecule has 2 aromatic heterocycles. The number of carbonyl (C=O) groups is 1. The molecule has 1 saturated heterocycles. The first-order valence-electron chi connectivity index (χ1n) is 14.9. The van der Waals surface area contributed by atoms with Gasteiger partial charge < -0.3 is 20.4 Å². The Morgan fingerprint density at radius 1 is 1.02 bits per heavy atom. The topological polar surface area (TPSA) is 91.9 Å². The van der Waals surface area contributed by atoms with Crippen molar-refractivity contribution in [2.45, 2.75) is 51.2 Å². The number of nitrogens with one attached hydrogen (secondary N) is 3. The van der Waals surface area contributed by atoms with E-state index in [1.54, 1.807) is 12.1 Å². The number of fused-ring (bicyclic) bond motifs is 1. The van der Waals surface area contributed by atoms with Crippen LogP contribution in [0, 0.1) is 25.5 Å². The van der Waals surface area contributed by atoms with Crippen LogP contribution in [0.15, 0.2) is 79.1 Å². The highest BCUT2D eigenvalue weighted by atomic mass is 19.1. The largest absolute Gasteiger partial charge is 0.375 e. The van der Waals surface area contributed by atoms with Crippen LogP contribution in [0.3, 0.4) is 0 Å². The third-order valence-electron chi connectivity index (χ3n) is 8.40. The summed E-state index contributed by atoms with van der Waals surface area (Å²) in [5.74, 6) is -0.561. The van der Waals surface area contributed by atoms with E-state index < -0.39 is 5.82 Å². The molecule has 0 unspecified atom stereocenters. The Balaban J connectivity index is 1.09. The number of aryl methyl sites for hydroxylation is 2. The Morgan fingerprint density at radius 2 is 1.77 bits per heavy atom. The fourth-order valence-electron chi connectivity index (χ4n) is 5.76.